The Balaban J connectivity index is 1.94. The number of alkyl halides is 1. The Labute approximate surface area is 144 Å². The minimum Gasteiger partial charge on any atom is -0.497 e. The highest BCUT2D eigenvalue weighted by Crippen LogP contribution is 2.32. The van der Waals surface area contributed by atoms with Gasteiger partial charge >= 0.3 is 0 Å². The lowest BCUT2D eigenvalue weighted by atomic mass is 10.0. The Morgan fingerprint density at radius 1 is 1.21 bits per heavy atom. The molecule has 2 aromatic carbocycles. The van der Waals surface area contributed by atoms with Crippen LogP contribution in [0, 0.1) is 5.82 Å². The zero-order valence-electron chi connectivity index (χ0n) is 13.0. The van der Waals surface area contributed by atoms with Crippen molar-refractivity contribution in [1.29, 1.82) is 0 Å². The second-order valence-corrected chi connectivity index (χ2v) is 5.58. The summed E-state index contributed by atoms with van der Waals surface area (Å²) in [7, 11) is 1.60. The first-order valence-corrected chi connectivity index (χ1v) is 7.92. The molecule has 0 fully saturated rings. The summed E-state index contributed by atoms with van der Waals surface area (Å²) in [6.07, 6.45) is 1.92. The molecule has 0 radical (unpaired) electrons. The highest BCUT2D eigenvalue weighted by Gasteiger charge is 2.30. The van der Waals surface area contributed by atoms with Crippen molar-refractivity contribution in [3.63, 3.8) is 0 Å². The molecule has 1 aliphatic heterocycles. The number of hydrogen-bond donors (Lipinski definition) is 1. The predicted molar refractivity (Wildman–Crippen MR) is 90.8 cm³/mol. The van der Waals surface area contributed by atoms with Gasteiger partial charge < -0.3 is 4.74 Å². The highest BCUT2D eigenvalue weighted by atomic mass is 35.5. The summed E-state index contributed by atoms with van der Waals surface area (Å²) >= 11 is 5.71. The first-order chi connectivity index (χ1) is 11.6. The van der Waals surface area contributed by atoms with Gasteiger partial charge in [-0.1, -0.05) is 12.1 Å². The van der Waals surface area contributed by atoms with E-state index in [1.807, 2.05) is 30.3 Å². The number of benzene rings is 2. The molecule has 1 atom stereocenters. The molecule has 6 heteroatoms. The smallest absolute Gasteiger partial charge is 0.256 e. The van der Waals surface area contributed by atoms with Crippen LogP contribution in [0.25, 0.3) is 5.70 Å². The molecule has 24 heavy (non-hydrogen) atoms. The molecule has 0 aromatic heterocycles. The Morgan fingerprint density at radius 2 is 1.88 bits per heavy atom. The van der Waals surface area contributed by atoms with Gasteiger partial charge in [0, 0.05) is 0 Å². The van der Waals surface area contributed by atoms with Gasteiger partial charge in [-0.05, 0) is 53.6 Å². The Hall–Kier alpha value is -2.53. The number of hydrogen-bond acceptors (Lipinski definition) is 3. The Kier molecular flexibility index (Phi) is 4.71. The third kappa shape index (κ3) is 3.21. The van der Waals surface area contributed by atoms with E-state index in [2.05, 4.69) is 5.43 Å². The summed E-state index contributed by atoms with van der Waals surface area (Å²) in [4.78, 5) is 12.1. The number of rotatable bonds is 4. The highest BCUT2D eigenvalue weighted by molar-refractivity contribution is 6.27. The van der Waals surface area contributed by atoms with E-state index in [0.717, 1.165) is 22.6 Å². The van der Waals surface area contributed by atoms with E-state index in [9.17, 15) is 9.18 Å². The van der Waals surface area contributed by atoms with Crippen molar-refractivity contribution in [3.05, 3.63) is 71.6 Å². The number of hydrazine groups is 1. The fraction of sp³-hybridized carbons (Fsp3) is 0.167. The van der Waals surface area contributed by atoms with E-state index < -0.39 is 0 Å². The molecular formula is C18H16ClFN2O2. The lowest BCUT2D eigenvalue weighted by Gasteiger charge is -2.24. The van der Waals surface area contributed by atoms with E-state index in [0.29, 0.717) is 0 Å². The summed E-state index contributed by atoms with van der Waals surface area (Å²) in [6.45, 7) is 0. The van der Waals surface area contributed by atoms with Crippen molar-refractivity contribution in [1.82, 2.24) is 10.4 Å². The number of methoxy groups -OCH3 is 1. The third-order valence-corrected chi connectivity index (χ3v) is 4.07. The van der Waals surface area contributed by atoms with Gasteiger partial charge in [-0.25, -0.2) is 9.40 Å². The minimum absolute atomic E-state index is 0.144. The van der Waals surface area contributed by atoms with E-state index in [1.54, 1.807) is 19.2 Å². The van der Waals surface area contributed by atoms with Gasteiger partial charge in [0.2, 0.25) is 0 Å². The van der Waals surface area contributed by atoms with Crippen LogP contribution in [0.15, 0.2) is 54.6 Å². The van der Waals surface area contributed by atoms with E-state index in [4.69, 9.17) is 16.3 Å². The molecule has 0 saturated carbocycles. The SMILES string of the molecule is COc1ccc(C2=C[C@@H](c3ccc(F)cc3)N(C(=O)CCl)N2)cc1. The summed E-state index contributed by atoms with van der Waals surface area (Å²) in [5.74, 6) is 0.0280. The summed E-state index contributed by atoms with van der Waals surface area (Å²) in [5, 5.41) is 1.46. The number of amides is 1. The number of ether oxygens (including phenoxy) is 1. The van der Waals surface area contributed by atoms with E-state index in [1.165, 1.54) is 17.1 Å². The number of carbonyl (C=O) groups excluding carboxylic acids is 1. The standard InChI is InChI=1S/C18H16ClFN2O2/c1-24-15-8-4-12(5-9-15)16-10-17(22(21-16)18(23)11-19)13-2-6-14(20)7-3-13/h2-10,17,21H,11H2,1H3/t17-/m0/s1. The minimum atomic E-state index is -0.353. The van der Waals surface area contributed by atoms with Crippen molar-refractivity contribution in [3.8, 4) is 5.75 Å². The van der Waals surface area contributed by atoms with E-state index in [-0.39, 0.29) is 23.6 Å². The van der Waals surface area contributed by atoms with Gasteiger partial charge in [-0.15, -0.1) is 11.6 Å². The van der Waals surface area contributed by atoms with Crippen molar-refractivity contribution in [2.45, 2.75) is 6.04 Å². The Morgan fingerprint density at radius 3 is 2.46 bits per heavy atom. The van der Waals surface area contributed by atoms with Gasteiger partial charge in [0.25, 0.3) is 5.91 Å². The molecule has 0 unspecified atom stereocenters. The molecule has 2 aromatic rings. The third-order valence-electron chi connectivity index (χ3n) is 3.84. The maximum absolute atomic E-state index is 13.2. The molecule has 0 aliphatic carbocycles. The molecule has 1 aliphatic rings. The van der Waals surface area contributed by atoms with Gasteiger partial charge in [0.15, 0.2) is 0 Å². The monoisotopic (exact) mass is 346 g/mol. The van der Waals surface area contributed by atoms with Gasteiger partial charge in [0.05, 0.1) is 18.8 Å². The molecule has 1 N–H and O–H groups in total. The lowest BCUT2D eigenvalue weighted by Crippen LogP contribution is -2.40. The van der Waals surface area contributed by atoms with Crippen LogP contribution in [0.2, 0.25) is 0 Å². The molecule has 0 spiro atoms. The average molecular weight is 347 g/mol. The summed E-state index contributed by atoms with van der Waals surface area (Å²) < 4.78 is 18.3. The largest absolute Gasteiger partial charge is 0.497 e. The number of nitrogens with zero attached hydrogens (tertiary/aromatic N) is 1. The van der Waals surface area contributed by atoms with Crippen LogP contribution >= 0.6 is 11.6 Å². The van der Waals surface area contributed by atoms with Crippen molar-refractivity contribution in [2.24, 2.45) is 0 Å². The molecule has 0 saturated heterocycles. The van der Waals surface area contributed by atoms with Gasteiger partial charge in [-0.2, -0.15) is 0 Å². The molecule has 124 valence electrons. The summed E-state index contributed by atoms with van der Waals surface area (Å²) in [5.41, 5.74) is 5.57. The topological polar surface area (TPSA) is 41.6 Å². The number of halogens is 2. The number of carbonyl (C=O) groups is 1. The van der Waals surface area contributed by atoms with Crippen molar-refractivity contribution >= 4 is 23.2 Å². The predicted octanol–water partition coefficient (Wildman–Crippen LogP) is 3.50. The zero-order valence-corrected chi connectivity index (χ0v) is 13.8. The fourth-order valence-electron chi connectivity index (χ4n) is 2.59. The summed E-state index contributed by atoms with van der Waals surface area (Å²) in [6, 6.07) is 13.2. The van der Waals surface area contributed by atoms with Crippen LogP contribution in [0.5, 0.6) is 5.75 Å². The van der Waals surface area contributed by atoms with Crippen LogP contribution in [0.1, 0.15) is 17.2 Å². The molecule has 0 bridgehead atoms. The molecule has 3 rings (SSSR count). The van der Waals surface area contributed by atoms with Crippen LogP contribution in [-0.2, 0) is 4.79 Å². The van der Waals surface area contributed by atoms with E-state index >= 15 is 0 Å². The maximum atomic E-state index is 13.2. The number of nitrogens with one attached hydrogen (secondary N) is 1. The zero-order chi connectivity index (χ0) is 17.1. The second kappa shape index (κ2) is 6.93. The van der Waals surface area contributed by atoms with Gasteiger partial charge in [0.1, 0.15) is 17.4 Å². The fourth-order valence-corrected chi connectivity index (χ4v) is 2.72. The van der Waals surface area contributed by atoms with Crippen LogP contribution in [-0.4, -0.2) is 23.9 Å². The van der Waals surface area contributed by atoms with Crippen LogP contribution < -0.4 is 10.2 Å². The molecule has 4 nitrogen and oxygen atoms in total. The molecule has 1 amide bonds. The lowest BCUT2D eigenvalue weighted by molar-refractivity contribution is -0.131. The maximum Gasteiger partial charge on any atom is 0.256 e. The Bertz CT molecular complexity index is 760. The molecule has 1 heterocycles. The quantitative estimate of drug-likeness (QED) is 0.861. The molecular weight excluding hydrogens is 331 g/mol. The second-order valence-electron chi connectivity index (χ2n) is 5.31. The first-order valence-electron chi connectivity index (χ1n) is 7.39. The van der Waals surface area contributed by atoms with Crippen LogP contribution in [0.3, 0.4) is 0 Å². The van der Waals surface area contributed by atoms with Gasteiger partial charge in [-0.3, -0.25) is 10.2 Å². The first kappa shape index (κ1) is 16.3. The van der Waals surface area contributed by atoms with Crippen LogP contribution in [0.4, 0.5) is 4.39 Å². The normalized spacial score (nSPS) is 16.5. The average Bonchev–Trinajstić information content (AvgIpc) is 3.07. The van der Waals surface area contributed by atoms with Crippen molar-refractivity contribution < 1.29 is 13.9 Å². The van der Waals surface area contributed by atoms with Crippen molar-refractivity contribution in [2.75, 3.05) is 13.0 Å².